The minimum atomic E-state index is 0.445. The second kappa shape index (κ2) is 4.66. The summed E-state index contributed by atoms with van der Waals surface area (Å²) in [5, 5.41) is 3.60. The first kappa shape index (κ1) is 12.4. The Bertz CT molecular complexity index is 218. The smallest absolute Gasteiger partial charge is 0.00504 e. The van der Waals surface area contributed by atoms with Crippen LogP contribution in [0.3, 0.4) is 0 Å². The normalized spacial score (nSPS) is 33.2. The van der Waals surface area contributed by atoms with E-state index >= 15 is 0 Å². The standard InChI is InChI=1S/C14H28N2/c1-13(2,3)11-16-9-5-7-14(12-16)6-4-8-15-10-14/h15H,4-12H2,1-3H3. The average molecular weight is 224 g/mol. The average Bonchev–Trinajstić information content (AvgIpc) is 2.16. The maximum Gasteiger partial charge on any atom is 0.00504 e. The Kier molecular flexibility index (Phi) is 3.60. The van der Waals surface area contributed by atoms with Gasteiger partial charge in [-0.25, -0.2) is 0 Å². The zero-order chi connectivity index (χ0) is 11.6. The van der Waals surface area contributed by atoms with Gasteiger partial charge in [0.25, 0.3) is 0 Å². The lowest BCUT2D eigenvalue weighted by atomic mass is 9.74. The van der Waals surface area contributed by atoms with E-state index in [1.807, 2.05) is 0 Å². The number of hydrogen-bond donors (Lipinski definition) is 1. The maximum absolute atomic E-state index is 3.60. The molecule has 0 radical (unpaired) electrons. The lowest BCUT2D eigenvalue weighted by Gasteiger charge is -2.46. The fourth-order valence-electron chi connectivity index (χ4n) is 3.49. The molecule has 0 aromatic heterocycles. The van der Waals surface area contributed by atoms with Gasteiger partial charge in [0.2, 0.25) is 0 Å². The predicted octanol–water partition coefficient (Wildman–Crippen LogP) is 2.50. The molecule has 2 nitrogen and oxygen atoms in total. The molecular weight excluding hydrogens is 196 g/mol. The molecule has 0 bridgehead atoms. The first-order valence-corrected chi connectivity index (χ1v) is 6.92. The molecule has 0 aromatic carbocycles. The summed E-state index contributed by atoms with van der Waals surface area (Å²) in [6.45, 7) is 13.5. The molecule has 0 aliphatic carbocycles. The van der Waals surface area contributed by atoms with Crippen molar-refractivity contribution in [3.8, 4) is 0 Å². The molecule has 2 saturated heterocycles. The summed E-state index contributed by atoms with van der Waals surface area (Å²) in [6, 6.07) is 0. The van der Waals surface area contributed by atoms with Crippen LogP contribution in [0.15, 0.2) is 0 Å². The summed E-state index contributed by atoms with van der Waals surface area (Å²) < 4.78 is 0. The van der Waals surface area contributed by atoms with E-state index < -0.39 is 0 Å². The van der Waals surface area contributed by atoms with Gasteiger partial charge in [-0.1, -0.05) is 20.8 Å². The van der Waals surface area contributed by atoms with Gasteiger partial charge in [-0.3, -0.25) is 0 Å². The Hall–Kier alpha value is -0.0800. The van der Waals surface area contributed by atoms with Crippen LogP contribution in [0.1, 0.15) is 46.5 Å². The van der Waals surface area contributed by atoms with Gasteiger partial charge in [-0.15, -0.1) is 0 Å². The number of piperidine rings is 2. The minimum Gasteiger partial charge on any atom is -0.316 e. The summed E-state index contributed by atoms with van der Waals surface area (Å²) in [5.41, 5.74) is 1.06. The largest absolute Gasteiger partial charge is 0.316 e. The van der Waals surface area contributed by atoms with E-state index in [9.17, 15) is 0 Å². The van der Waals surface area contributed by atoms with E-state index in [2.05, 4.69) is 31.0 Å². The van der Waals surface area contributed by atoms with Gasteiger partial charge in [0.15, 0.2) is 0 Å². The van der Waals surface area contributed by atoms with Crippen molar-refractivity contribution in [1.82, 2.24) is 10.2 Å². The lowest BCUT2D eigenvalue weighted by molar-refractivity contribution is 0.0453. The minimum absolute atomic E-state index is 0.445. The molecule has 1 unspecified atom stereocenters. The van der Waals surface area contributed by atoms with Crippen molar-refractivity contribution < 1.29 is 0 Å². The molecule has 1 atom stereocenters. The van der Waals surface area contributed by atoms with Crippen LogP contribution in [0, 0.1) is 10.8 Å². The highest BCUT2D eigenvalue weighted by Gasteiger charge is 2.37. The molecule has 2 rings (SSSR count). The van der Waals surface area contributed by atoms with Gasteiger partial charge in [-0.05, 0) is 49.6 Å². The summed E-state index contributed by atoms with van der Waals surface area (Å²) >= 11 is 0. The first-order chi connectivity index (χ1) is 7.49. The van der Waals surface area contributed by atoms with Gasteiger partial charge in [0.05, 0.1) is 0 Å². The fraction of sp³-hybridized carbons (Fsp3) is 1.00. The molecule has 2 heterocycles. The molecule has 0 aromatic rings. The van der Waals surface area contributed by atoms with Crippen molar-refractivity contribution in [3.05, 3.63) is 0 Å². The monoisotopic (exact) mass is 224 g/mol. The van der Waals surface area contributed by atoms with E-state index in [-0.39, 0.29) is 0 Å². The van der Waals surface area contributed by atoms with Crippen molar-refractivity contribution in [2.45, 2.75) is 46.5 Å². The van der Waals surface area contributed by atoms with Gasteiger partial charge in [0, 0.05) is 19.6 Å². The third-order valence-corrected chi connectivity index (χ3v) is 4.00. The van der Waals surface area contributed by atoms with Gasteiger partial charge in [-0.2, -0.15) is 0 Å². The van der Waals surface area contributed by atoms with Crippen molar-refractivity contribution in [3.63, 3.8) is 0 Å². The summed E-state index contributed by atoms with van der Waals surface area (Å²) in [5.74, 6) is 0. The molecule has 16 heavy (non-hydrogen) atoms. The maximum atomic E-state index is 3.60. The van der Waals surface area contributed by atoms with Crippen molar-refractivity contribution in [2.24, 2.45) is 10.8 Å². The molecule has 1 spiro atoms. The Morgan fingerprint density at radius 2 is 1.94 bits per heavy atom. The molecule has 0 amide bonds. The van der Waals surface area contributed by atoms with E-state index in [1.54, 1.807) is 0 Å². The zero-order valence-electron chi connectivity index (χ0n) is 11.3. The van der Waals surface area contributed by atoms with Crippen LogP contribution in [0.5, 0.6) is 0 Å². The highest BCUT2D eigenvalue weighted by molar-refractivity contribution is 4.92. The van der Waals surface area contributed by atoms with Crippen LogP contribution in [-0.2, 0) is 0 Å². The summed E-state index contributed by atoms with van der Waals surface area (Å²) in [4.78, 5) is 2.70. The molecule has 94 valence electrons. The van der Waals surface area contributed by atoms with Crippen LogP contribution < -0.4 is 5.32 Å². The second-order valence-corrected chi connectivity index (χ2v) is 7.16. The van der Waals surface area contributed by atoms with E-state index in [0.717, 1.165) is 0 Å². The number of likely N-dealkylation sites (tertiary alicyclic amines) is 1. The summed E-state index contributed by atoms with van der Waals surface area (Å²) in [7, 11) is 0. The van der Waals surface area contributed by atoms with E-state index in [4.69, 9.17) is 0 Å². The van der Waals surface area contributed by atoms with Crippen molar-refractivity contribution in [1.29, 1.82) is 0 Å². The Labute approximate surface area is 101 Å². The number of nitrogens with one attached hydrogen (secondary N) is 1. The van der Waals surface area contributed by atoms with Crippen LogP contribution in [-0.4, -0.2) is 37.6 Å². The number of nitrogens with zero attached hydrogens (tertiary/aromatic N) is 1. The van der Waals surface area contributed by atoms with Crippen LogP contribution in [0.25, 0.3) is 0 Å². The van der Waals surface area contributed by atoms with Gasteiger partial charge >= 0.3 is 0 Å². The number of hydrogen-bond acceptors (Lipinski definition) is 2. The Morgan fingerprint density at radius 1 is 1.19 bits per heavy atom. The molecule has 2 aliphatic rings. The summed E-state index contributed by atoms with van der Waals surface area (Å²) in [6.07, 6.45) is 5.67. The number of rotatable bonds is 1. The van der Waals surface area contributed by atoms with Crippen LogP contribution in [0.2, 0.25) is 0 Å². The molecule has 2 heteroatoms. The molecule has 0 saturated carbocycles. The quantitative estimate of drug-likeness (QED) is 0.736. The fourth-order valence-corrected chi connectivity index (χ4v) is 3.49. The zero-order valence-corrected chi connectivity index (χ0v) is 11.3. The Balaban J connectivity index is 1.92. The third-order valence-electron chi connectivity index (χ3n) is 4.00. The van der Waals surface area contributed by atoms with Gasteiger partial charge in [0.1, 0.15) is 0 Å². The molecule has 2 fully saturated rings. The highest BCUT2D eigenvalue weighted by Crippen LogP contribution is 2.36. The molecule has 2 aliphatic heterocycles. The third kappa shape index (κ3) is 3.21. The SMILES string of the molecule is CC(C)(C)CN1CCCC2(CCCNC2)C1. The predicted molar refractivity (Wildman–Crippen MR) is 69.7 cm³/mol. The van der Waals surface area contributed by atoms with Crippen molar-refractivity contribution >= 4 is 0 Å². The second-order valence-electron chi connectivity index (χ2n) is 7.16. The highest BCUT2D eigenvalue weighted by atomic mass is 15.2. The molecular formula is C14H28N2. The van der Waals surface area contributed by atoms with Crippen LogP contribution in [0.4, 0.5) is 0 Å². The van der Waals surface area contributed by atoms with Crippen LogP contribution >= 0.6 is 0 Å². The lowest BCUT2D eigenvalue weighted by Crippen LogP contribution is -2.52. The topological polar surface area (TPSA) is 15.3 Å². The molecule has 1 N–H and O–H groups in total. The van der Waals surface area contributed by atoms with E-state index in [1.165, 1.54) is 58.4 Å². The first-order valence-electron chi connectivity index (χ1n) is 6.92. The van der Waals surface area contributed by atoms with Crippen molar-refractivity contribution in [2.75, 3.05) is 32.7 Å². The van der Waals surface area contributed by atoms with E-state index in [0.29, 0.717) is 10.8 Å². The van der Waals surface area contributed by atoms with Gasteiger partial charge < -0.3 is 10.2 Å². The Morgan fingerprint density at radius 3 is 2.56 bits per heavy atom.